The number of benzene rings is 1. The van der Waals surface area contributed by atoms with Gasteiger partial charge in [0.25, 0.3) is 0 Å². The van der Waals surface area contributed by atoms with E-state index in [2.05, 4.69) is 27.8 Å². The number of thiazole rings is 1. The second kappa shape index (κ2) is 7.22. The van der Waals surface area contributed by atoms with Crippen molar-refractivity contribution in [2.75, 3.05) is 18.6 Å². The number of thioether (sulfide) groups is 1. The zero-order chi connectivity index (χ0) is 14.4. The van der Waals surface area contributed by atoms with Crippen LogP contribution in [0.4, 0.5) is 0 Å². The molecule has 20 heavy (non-hydrogen) atoms. The van der Waals surface area contributed by atoms with Gasteiger partial charge in [0.2, 0.25) is 0 Å². The fraction of sp³-hybridized carbons (Fsp3) is 0.400. The SMILES string of the molecule is CSCC(C)(O)CNCc1csc(-c2ccccc2)n1. The van der Waals surface area contributed by atoms with Crippen molar-refractivity contribution >= 4 is 23.1 Å². The molecule has 2 rings (SSSR count). The van der Waals surface area contributed by atoms with E-state index in [0.29, 0.717) is 13.1 Å². The number of aromatic nitrogens is 1. The van der Waals surface area contributed by atoms with Crippen molar-refractivity contribution in [2.24, 2.45) is 0 Å². The molecule has 2 aromatic rings. The minimum absolute atomic E-state index is 0.575. The smallest absolute Gasteiger partial charge is 0.123 e. The van der Waals surface area contributed by atoms with Gasteiger partial charge in [-0.3, -0.25) is 0 Å². The standard InChI is InChI=1S/C15H20N2OS2/c1-15(18,11-19-2)10-16-8-13-9-20-14(17-13)12-6-4-3-5-7-12/h3-7,9,16,18H,8,10-11H2,1-2H3. The van der Waals surface area contributed by atoms with Gasteiger partial charge in [0.15, 0.2) is 0 Å². The fourth-order valence-electron chi connectivity index (χ4n) is 1.92. The molecule has 1 aromatic carbocycles. The lowest BCUT2D eigenvalue weighted by Gasteiger charge is -2.22. The third kappa shape index (κ3) is 4.59. The van der Waals surface area contributed by atoms with E-state index in [4.69, 9.17) is 0 Å². The van der Waals surface area contributed by atoms with Crippen LogP contribution in [0.5, 0.6) is 0 Å². The molecule has 108 valence electrons. The van der Waals surface area contributed by atoms with Crippen molar-refractivity contribution in [3.63, 3.8) is 0 Å². The Morgan fingerprint density at radius 1 is 1.35 bits per heavy atom. The molecule has 0 aliphatic heterocycles. The fourth-order valence-corrected chi connectivity index (χ4v) is 3.47. The minimum Gasteiger partial charge on any atom is -0.388 e. The second-order valence-electron chi connectivity index (χ2n) is 5.04. The summed E-state index contributed by atoms with van der Waals surface area (Å²) in [4.78, 5) is 4.62. The molecule has 0 saturated heterocycles. The summed E-state index contributed by atoms with van der Waals surface area (Å²) in [5.74, 6) is 0.729. The maximum absolute atomic E-state index is 10.1. The van der Waals surface area contributed by atoms with Gasteiger partial charge < -0.3 is 10.4 Å². The van der Waals surface area contributed by atoms with Crippen LogP contribution in [0.3, 0.4) is 0 Å². The molecule has 0 spiro atoms. The van der Waals surface area contributed by atoms with E-state index in [1.165, 1.54) is 0 Å². The molecule has 0 bridgehead atoms. The number of aliphatic hydroxyl groups is 1. The Bertz CT molecular complexity index is 526. The van der Waals surface area contributed by atoms with E-state index in [1.54, 1.807) is 23.1 Å². The Kier molecular flexibility index (Phi) is 5.60. The molecule has 0 saturated carbocycles. The number of nitrogens with zero attached hydrogens (tertiary/aromatic N) is 1. The minimum atomic E-state index is -0.669. The van der Waals surface area contributed by atoms with Crippen LogP contribution < -0.4 is 5.32 Å². The quantitative estimate of drug-likeness (QED) is 0.825. The first-order valence-corrected chi connectivity index (χ1v) is 8.80. The zero-order valence-electron chi connectivity index (χ0n) is 11.8. The summed E-state index contributed by atoms with van der Waals surface area (Å²) >= 11 is 3.31. The van der Waals surface area contributed by atoms with Gasteiger partial charge in [0, 0.05) is 29.8 Å². The Balaban J connectivity index is 1.88. The maximum Gasteiger partial charge on any atom is 0.123 e. The van der Waals surface area contributed by atoms with Crippen LogP contribution in [-0.2, 0) is 6.54 Å². The largest absolute Gasteiger partial charge is 0.388 e. The lowest BCUT2D eigenvalue weighted by molar-refractivity contribution is 0.0845. The molecule has 0 aliphatic rings. The van der Waals surface area contributed by atoms with Crippen LogP contribution in [0.2, 0.25) is 0 Å². The molecule has 1 aromatic heterocycles. The Labute approximate surface area is 128 Å². The molecule has 0 aliphatic carbocycles. The van der Waals surface area contributed by atoms with Crippen molar-refractivity contribution in [3.8, 4) is 10.6 Å². The Hall–Kier alpha value is -0.880. The van der Waals surface area contributed by atoms with Crippen LogP contribution in [0.1, 0.15) is 12.6 Å². The molecule has 1 atom stereocenters. The first kappa shape index (κ1) is 15.5. The lowest BCUT2D eigenvalue weighted by atomic mass is 10.1. The van der Waals surface area contributed by atoms with Gasteiger partial charge in [-0.15, -0.1) is 11.3 Å². The first-order chi connectivity index (χ1) is 9.61. The summed E-state index contributed by atoms with van der Waals surface area (Å²) in [5, 5.41) is 16.5. The monoisotopic (exact) mass is 308 g/mol. The predicted octanol–water partition coefficient (Wildman–Crippen LogP) is 3.01. The van der Waals surface area contributed by atoms with E-state index in [9.17, 15) is 5.11 Å². The van der Waals surface area contributed by atoms with Crippen molar-refractivity contribution in [1.82, 2.24) is 10.3 Å². The highest BCUT2D eigenvalue weighted by Crippen LogP contribution is 2.23. The highest BCUT2D eigenvalue weighted by Gasteiger charge is 2.18. The van der Waals surface area contributed by atoms with E-state index in [0.717, 1.165) is 22.0 Å². The summed E-state index contributed by atoms with van der Waals surface area (Å²) in [6.45, 7) is 3.12. The van der Waals surface area contributed by atoms with Gasteiger partial charge in [0.05, 0.1) is 11.3 Å². The topological polar surface area (TPSA) is 45.1 Å². The second-order valence-corrected chi connectivity index (χ2v) is 6.77. The van der Waals surface area contributed by atoms with Crippen molar-refractivity contribution in [2.45, 2.75) is 19.1 Å². The Morgan fingerprint density at radius 3 is 2.80 bits per heavy atom. The molecule has 0 fully saturated rings. The molecule has 1 unspecified atom stereocenters. The van der Waals surface area contributed by atoms with Crippen LogP contribution in [0, 0.1) is 0 Å². The average Bonchev–Trinajstić information content (AvgIpc) is 2.88. The molecule has 3 nitrogen and oxygen atoms in total. The highest BCUT2D eigenvalue weighted by molar-refractivity contribution is 7.98. The molecular weight excluding hydrogens is 288 g/mol. The van der Waals surface area contributed by atoms with Crippen molar-refractivity contribution in [1.29, 1.82) is 0 Å². The van der Waals surface area contributed by atoms with E-state index >= 15 is 0 Å². The summed E-state index contributed by atoms with van der Waals surface area (Å²) in [5.41, 5.74) is 1.50. The van der Waals surface area contributed by atoms with Crippen LogP contribution in [0.25, 0.3) is 10.6 Å². The van der Waals surface area contributed by atoms with Gasteiger partial charge >= 0.3 is 0 Å². The van der Waals surface area contributed by atoms with Gasteiger partial charge in [0.1, 0.15) is 5.01 Å². The normalized spacial score (nSPS) is 14.2. The van der Waals surface area contributed by atoms with Crippen molar-refractivity contribution in [3.05, 3.63) is 41.4 Å². The third-order valence-electron chi connectivity index (χ3n) is 2.84. The van der Waals surface area contributed by atoms with Gasteiger partial charge in [-0.2, -0.15) is 11.8 Å². The van der Waals surface area contributed by atoms with Crippen LogP contribution >= 0.6 is 23.1 Å². The van der Waals surface area contributed by atoms with Gasteiger partial charge in [-0.1, -0.05) is 30.3 Å². The number of hydrogen-bond acceptors (Lipinski definition) is 5. The highest BCUT2D eigenvalue weighted by atomic mass is 32.2. The van der Waals surface area contributed by atoms with Crippen LogP contribution in [0.15, 0.2) is 35.7 Å². The maximum atomic E-state index is 10.1. The van der Waals surface area contributed by atoms with Gasteiger partial charge in [-0.05, 0) is 13.2 Å². The van der Waals surface area contributed by atoms with E-state index in [1.807, 2.05) is 31.4 Å². The lowest BCUT2D eigenvalue weighted by Crippen LogP contribution is -2.39. The average molecular weight is 308 g/mol. The van der Waals surface area contributed by atoms with Crippen LogP contribution in [-0.4, -0.2) is 34.2 Å². The molecule has 0 radical (unpaired) electrons. The third-order valence-corrected chi connectivity index (χ3v) is 4.69. The number of nitrogens with one attached hydrogen (secondary N) is 1. The number of rotatable bonds is 7. The summed E-state index contributed by atoms with van der Waals surface area (Å²) in [6, 6.07) is 10.2. The predicted molar refractivity (Wildman–Crippen MR) is 88.3 cm³/mol. The molecule has 1 heterocycles. The summed E-state index contributed by atoms with van der Waals surface area (Å²) < 4.78 is 0. The molecule has 0 amide bonds. The zero-order valence-corrected chi connectivity index (χ0v) is 13.4. The molecule has 5 heteroatoms. The van der Waals surface area contributed by atoms with E-state index < -0.39 is 5.60 Å². The summed E-state index contributed by atoms with van der Waals surface area (Å²) in [7, 11) is 0. The molecular formula is C15H20N2OS2. The summed E-state index contributed by atoms with van der Waals surface area (Å²) in [6.07, 6.45) is 2.00. The molecule has 2 N–H and O–H groups in total. The first-order valence-electron chi connectivity index (χ1n) is 6.52. The number of hydrogen-bond donors (Lipinski definition) is 2. The van der Waals surface area contributed by atoms with Crippen molar-refractivity contribution < 1.29 is 5.11 Å². The van der Waals surface area contributed by atoms with E-state index in [-0.39, 0.29) is 0 Å². The Morgan fingerprint density at radius 2 is 2.10 bits per heavy atom. The van der Waals surface area contributed by atoms with Gasteiger partial charge in [-0.25, -0.2) is 4.98 Å².